The molecule has 3 amide bonds. The van der Waals surface area contributed by atoms with Crippen molar-refractivity contribution < 1.29 is 38.2 Å². The summed E-state index contributed by atoms with van der Waals surface area (Å²) in [7, 11) is 0. The Balaban J connectivity index is 1.35. The van der Waals surface area contributed by atoms with Crippen molar-refractivity contribution in [1.29, 1.82) is 0 Å². The molecule has 0 bridgehead atoms. The summed E-state index contributed by atoms with van der Waals surface area (Å²) in [6, 6.07) is 12.3. The number of nitrogens with zero attached hydrogens (tertiary/aromatic N) is 4. The quantitative estimate of drug-likeness (QED) is 0.151. The molecule has 238 valence electrons. The lowest BCUT2D eigenvalue weighted by Crippen LogP contribution is -2.58. The number of hydrogen-bond donors (Lipinski definition) is 0. The van der Waals surface area contributed by atoms with Crippen molar-refractivity contribution in [3.8, 4) is 0 Å². The Bertz CT molecular complexity index is 1620. The maximum atomic E-state index is 13.3. The van der Waals surface area contributed by atoms with Gasteiger partial charge in [0.25, 0.3) is 11.8 Å². The topological polar surface area (TPSA) is 111 Å². The zero-order chi connectivity index (χ0) is 32.7. The van der Waals surface area contributed by atoms with Gasteiger partial charge in [0.05, 0.1) is 29.0 Å². The Morgan fingerprint density at radius 2 is 1.60 bits per heavy atom. The van der Waals surface area contributed by atoms with Crippen LogP contribution in [-0.2, 0) is 38.6 Å². The van der Waals surface area contributed by atoms with Crippen molar-refractivity contribution in [3.63, 3.8) is 0 Å². The maximum Gasteiger partial charge on any atom is 0.410 e. The average Bonchev–Trinajstić information content (AvgIpc) is 3.37. The number of ether oxygens (including phenoxy) is 2. The predicted molar refractivity (Wildman–Crippen MR) is 165 cm³/mol. The number of fused-ring (bicyclic) bond motifs is 2. The van der Waals surface area contributed by atoms with Crippen LogP contribution in [-0.4, -0.2) is 68.9 Å². The van der Waals surface area contributed by atoms with Crippen molar-refractivity contribution in [2.75, 3.05) is 13.1 Å². The number of hydrogen-bond acceptors (Lipinski definition) is 7. The molecular formula is C34H41N4O7+. The Morgan fingerprint density at radius 3 is 2.18 bits per heavy atom. The summed E-state index contributed by atoms with van der Waals surface area (Å²) in [6.45, 7) is 17.2. The van der Waals surface area contributed by atoms with E-state index in [0.717, 1.165) is 16.5 Å². The van der Waals surface area contributed by atoms with E-state index in [9.17, 15) is 19.2 Å². The number of amides is 3. The van der Waals surface area contributed by atoms with Crippen LogP contribution in [0.4, 0.5) is 4.79 Å². The minimum atomic E-state index is -1.25. The molecule has 0 spiro atoms. The molecule has 0 N–H and O–H groups in total. The minimum absolute atomic E-state index is 0.0678. The molecular weight excluding hydrogens is 576 g/mol. The lowest BCUT2D eigenvalue weighted by Gasteiger charge is -2.38. The highest BCUT2D eigenvalue weighted by Crippen LogP contribution is 2.26. The summed E-state index contributed by atoms with van der Waals surface area (Å²) >= 11 is 0. The van der Waals surface area contributed by atoms with Crippen LogP contribution < -0.4 is 4.68 Å². The molecule has 3 heterocycles. The van der Waals surface area contributed by atoms with Crippen LogP contribution in [0, 0.1) is 5.92 Å². The second-order valence-corrected chi connectivity index (χ2v) is 13.5. The number of rotatable bonds is 9. The number of hydroxylamine groups is 2. The molecule has 5 rings (SSSR count). The molecule has 2 aliphatic heterocycles. The van der Waals surface area contributed by atoms with Gasteiger partial charge in [-0.05, 0) is 71.4 Å². The van der Waals surface area contributed by atoms with E-state index in [1.165, 1.54) is 0 Å². The fourth-order valence-corrected chi connectivity index (χ4v) is 5.48. The fourth-order valence-electron chi connectivity index (χ4n) is 5.48. The van der Waals surface area contributed by atoms with Crippen molar-refractivity contribution in [2.24, 2.45) is 5.92 Å². The highest BCUT2D eigenvalue weighted by molar-refractivity contribution is 6.20. The van der Waals surface area contributed by atoms with Gasteiger partial charge in [0, 0.05) is 19.5 Å². The molecule has 0 saturated carbocycles. The van der Waals surface area contributed by atoms with Crippen molar-refractivity contribution in [3.05, 3.63) is 78.0 Å². The van der Waals surface area contributed by atoms with Crippen LogP contribution in [0.15, 0.2) is 61.3 Å². The molecule has 1 fully saturated rings. The largest absolute Gasteiger partial charge is 0.458 e. The lowest BCUT2D eigenvalue weighted by molar-refractivity contribution is -0.778. The second-order valence-electron chi connectivity index (χ2n) is 13.5. The SMILES string of the molecule is C=CCn1c2ccc(CC(ON3C(=O)c4ccccc4C3=O)C(=O)OC(C)(C)C)cc2c[n+]1CC1CN(C(=O)OC(C)(C)C)C1. The third kappa shape index (κ3) is 7.09. The van der Waals surface area contributed by atoms with Crippen LogP contribution in [0.5, 0.6) is 0 Å². The summed E-state index contributed by atoms with van der Waals surface area (Å²) in [6.07, 6.45) is 2.37. The number of carbonyl (C=O) groups is 4. The highest BCUT2D eigenvalue weighted by atomic mass is 16.7. The predicted octanol–water partition coefficient (Wildman–Crippen LogP) is 4.46. The minimum Gasteiger partial charge on any atom is -0.458 e. The van der Waals surface area contributed by atoms with Gasteiger partial charge in [-0.1, -0.05) is 24.3 Å². The highest BCUT2D eigenvalue weighted by Gasteiger charge is 2.41. The van der Waals surface area contributed by atoms with E-state index in [2.05, 4.69) is 15.9 Å². The Kier molecular flexibility index (Phi) is 8.59. The van der Waals surface area contributed by atoms with Gasteiger partial charge in [-0.25, -0.2) is 14.4 Å². The Labute approximate surface area is 262 Å². The maximum absolute atomic E-state index is 13.3. The van der Waals surface area contributed by atoms with E-state index in [1.54, 1.807) is 49.9 Å². The molecule has 2 aliphatic rings. The molecule has 1 atom stereocenters. The van der Waals surface area contributed by atoms with Crippen LogP contribution in [0.1, 0.15) is 67.8 Å². The number of aromatic nitrogens is 2. The number of likely N-dealkylation sites (tertiary alicyclic amines) is 1. The number of imide groups is 1. The standard InChI is InChI=1S/C34H41N4O7/c1-8-15-37-27-14-13-22(16-24(27)21-36(37)20-23-18-35(19-23)32(42)44-34(5,6)7)17-28(31(41)43-33(2,3)4)45-38-29(39)25-11-9-10-12-26(25)30(38)40/h8-14,16,21,23,28H,1,15,17-20H2,2-7H3/q+1. The Morgan fingerprint density at radius 1 is 0.978 bits per heavy atom. The fraction of sp³-hybridized carbons (Fsp3) is 0.441. The van der Waals surface area contributed by atoms with Gasteiger partial charge < -0.3 is 14.4 Å². The van der Waals surface area contributed by atoms with Gasteiger partial charge in [0.1, 0.15) is 16.7 Å². The molecule has 0 aliphatic carbocycles. The number of carbonyl (C=O) groups excluding carboxylic acids is 4. The zero-order valence-electron chi connectivity index (χ0n) is 26.7. The summed E-state index contributed by atoms with van der Waals surface area (Å²) in [5.41, 5.74) is 0.831. The molecule has 1 aromatic heterocycles. The summed E-state index contributed by atoms with van der Waals surface area (Å²) in [5, 5.41) is 1.59. The van der Waals surface area contributed by atoms with E-state index in [-0.39, 0.29) is 29.6 Å². The molecule has 2 aromatic carbocycles. The van der Waals surface area contributed by atoms with Gasteiger partial charge in [-0.3, -0.25) is 9.59 Å². The van der Waals surface area contributed by atoms with Crippen LogP contribution in [0.2, 0.25) is 0 Å². The molecule has 1 unspecified atom stereocenters. The van der Waals surface area contributed by atoms with Crippen molar-refractivity contribution in [2.45, 2.75) is 78.4 Å². The first kappa shape index (κ1) is 31.9. The van der Waals surface area contributed by atoms with E-state index in [0.29, 0.717) is 31.2 Å². The number of esters is 1. The molecule has 45 heavy (non-hydrogen) atoms. The van der Waals surface area contributed by atoms with Crippen molar-refractivity contribution >= 4 is 34.8 Å². The van der Waals surface area contributed by atoms with Gasteiger partial charge in [0.2, 0.25) is 6.20 Å². The van der Waals surface area contributed by atoms with E-state index in [4.69, 9.17) is 14.3 Å². The third-order valence-corrected chi connectivity index (χ3v) is 7.40. The normalized spacial score (nSPS) is 16.0. The van der Waals surface area contributed by atoms with Gasteiger partial charge >= 0.3 is 12.1 Å². The van der Waals surface area contributed by atoms with Crippen LogP contribution in [0.3, 0.4) is 0 Å². The molecule has 0 radical (unpaired) electrons. The number of benzene rings is 2. The third-order valence-electron chi connectivity index (χ3n) is 7.40. The molecule has 11 heteroatoms. The molecule has 11 nitrogen and oxygen atoms in total. The lowest BCUT2D eigenvalue weighted by atomic mass is 10.0. The zero-order valence-corrected chi connectivity index (χ0v) is 26.7. The first-order valence-electron chi connectivity index (χ1n) is 15.1. The summed E-state index contributed by atoms with van der Waals surface area (Å²) in [5.74, 6) is -1.66. The second kappa shape index (κ2) is 12.1. The first-order valence-corrected chi connectivity index (χ1v) is 15.1. The average molecular weight is 618 g/mol. The van der Waals surface area contributed by atoms with E-state index >= 15 is 0 Å². The van der Waals surface area contributed by atoms with Crippen LogP contribution in [0.25, 0.3) is 10.9 Å². The van der Waals surface area contributed by atoms with Gasteiger partial charge in [0.15, 0.2) is 12.6 Å². The van der Waals surface area contributed by atoms with E-state index < -0.39 is 35.1 Å². The summed E-state index contributed by atoms with van der Waals surface area (Å²) < 4.78 is 15.3. The smallest absolute Gasteiger partial charge is 0.410 e. The molecule has 3 aromatic rings. The van der Waals surface area contributed by atoms with Gasteiger partial charge in [-0.15, -0.1) is 21.0 Å². The monoisotopic (exact) mass is 617 g/mol. The number of allylic oxidation sites excluding steroid dienone is 1. The molecule has 1 saturated heterocycles. The van der Waals surface area contributed by atoms with Crippen molar-refractivity contribution in [1.82, 2.24) is 14.6 Å². The van der Waals surface area contributed by atoms with Gasteiger partial charge in [-0.2, -0.15) is 0 Å². The van der Waals surface area contributed by atoms with E-state index in [1.807, 2.05) is 51.2 Å². The first-order chi connectivity index (χ1) is 21.1. The van der Waals surface area contributed by atoms with Crippen LogP contribution >= 0.6 is 0 Å². The summed E-state index contributed by atoms with van der Waals surface area (Å²) in [4.78, 5) is 59.2. The Hall–Kier alpha value is -4.51.